The van der Waals surface area contributed by atoms with E-state index >= 15 is 0 Å². The lowest BCUT2D eigenvalue weighted by Gasteiger charge is -2.12. The summed E-state index contributed by atoms with van der Waals surface area (Å²) in [5.74, 6) is -0.660. The van der Waals surface area contributed by atoms with Gasteiger partial charge in [0.2, 0.25) is 0 Å². The van der Waals surface area contributed by atoms with Crippen molar-refractivity contribution in [1.82, 2.24) is 0 Å². The van der Waals surface area contributed by atoms with E-state index in [0.717, 1.165) is 6.07 Å². The van der Waals surface area contributed by atoms with Gasteiger partial charge in [-0.15, -0.1) is 0 Å². The van der Waals surface area contributed by atoms with E-state index in [1.165, 1.54) is 31.4 Å². The number of aryl methyl sites for hydroxylation is 1. The number of hydrogen-bond donors (Lipinski definition) is 1. The van der Waals surface area contributed by atoms with Gasteiger partial charge in [-0.05, 0) is 24.6 Å². The summed E-state index contributed by atoms with van der Waals surface area (Å²) in [6.07, 6.45) is 0.611. The number of carboxylic acid groups (broad SMARTS) is 1. The number of aromatic carboxylic acids is 1. The van der Waals surface area contributed by atoms with E-state index in [1.54, 1.807) is 6.92 Å². The molecule has 0 fully saturated rings. The van der Waals surface area contributed by atoms with Gasteiger partial charge in [-0.2, -0.15) is 9.59 Å². The molecule has 0 bridgehead atoms. The number of carbonyl (C=O) groups excluding carboxylic acids is 2. The van der Waals surface area contributed by atoms with Crippen molar-refractivity contribution in [2.45, 2.75) is 13.3 Å². The monoisotopic (exact) mass is 450 g/mol. The second-order valence-corrected chi connectivity index (χ2v) is 5.92. The Balaban J connectivity index is 0.00000161. The summed E-state index contributed by atoms with van der Waals surface area (Å²) in [6.45, 7) is 1.85. The third kappa shape index (κ3) is 7.07. The summed E-state index contributed by atoms with van der Waals surface area (Å²) in [4.78, 5) is 48.0. The van der Waals surface area contributed by atoms with E-state index < -0.39 is 27.1 Å². The molecule has 13 heteroatoms. The molecule has 0 radical (unpaired) electrons. The van der Waals surface area contributed by atoms with Gasteiger partial charge >= 0.3 is 12.1 Å². The minimum absolute atomic E-state index is 0.127. The second kappa shape index (κ2) is 12.2. The molecule has 0 saturated heterocycles. The van der Waals surface area contributed by atoms with Crippen molar-refractivity contribution in [1.29, 1.82) is 0 Å². The highest BCUT2D eigenvalue weighted by atomic mass is 16.6. The normalized spacial score (nSPS) is 9.56. The van der Waals surface area contributed by atoms with Crippen molar-refractivity contribution in [3.63, 3.8) is 0 Å². The molecule has 2 rings (SSSR count). The Hall–Kier alpha value is -4.51. The predicted octanol–water partition coefficient (Wildman–Crippen LogP) is 2.78. The number of carbonyl (C=O) groups is 1. The van der Waals surface area contributed by atoms with Crippen LogP contribution in [-0.2, 0) is 9.59 Å². The molecule has 0 heterocycles. The summed E-state index contributed by atoms with van der Waals surface area (Å²) in [5, 5.41) is 31.0. The molecule has 2 aromatic carbocycles. The van der Waals surface area contributed by atoms with Gasteiger partial charge in [-0.25, -0.2) is 4.79 Å². The van der Waals surface area contributed by atoms with Gasteiger partial charge in [0.1, 0.15) is 11.3 Å². The first-order chi connectivity index (χ1) is 15.2. The highest BCUT2D eigenvalue weighted by Gasteiger charge is 2.22. The molecule has 0 aliphatic carbocycles. The van der Waals surface area contributed by atoms with Crippen LogP contribution in [0.5, 0.6) is 17.2 Å². The summed E-state index contributed by atoms with van der Waals surface area (Å²) in [5.41, 5.74) is -0.676. The molecule has 0 aliphatic rings. The average Bonchev–Trinajstić information content (AvgIpc) is 2.74. The molecular weight excluding hydrogens is 432 g/mol. The number of benzene rings is 2. The van der Waals surface area contributed by atoms with Gasteiger partial charge in [-0.1, -0.05) is 0 Å². The zero-order valence-corrected chi connectivity index (χ0v) is 16.9. The molecule has 13 nitrogen and oxygen atoms in total. The van der Waals surface area contributed by atoms with Gasteiger partial charge in [0.25, 0.3) is 11.4 Å². The zero-order valence-electron chi connectivity index (χ0n) is 16.9. The Labute approximate surface area is 180 Å². The van der Waals surface area contributed by atoms with E-state index in [2.05, 4.69) is 0 Å². The smallest absolute Gasteiger partial charge is 0.373 e. The number of rotatable bonds is 10. The maximum absolute atomic E-state index is 11.1. The summed E-state index contributed by atoms with van der Waals surface area (Å²) in [6, 6.07) is 6.23. The Bertz CT molecular complexity index is 1030. The van der Waals surface area contributed by atoms with Crippen molar-refractivity contribution in [3.8, 4) is 17.2 Å². The van der Waals surface area contributed by atoms with Gasteiger partial charge in [0.05, 0.1) is 42.3 Å². The number of nitro groups is 2. The van der Waals surface area contributed by atoms with Crippen LogP contribution in [0.4, 0.5) is 11.4 Å². The standard InChI is InChI=1S/C18H18N2O9.CO2/c1-11-8-13(18(21)22)14(20(25)26)10-16(11)28-6-3-7-29-17-9-12(19(23)24)4-5-15(17)27-2;2-1-3/h4-5,8-10H,3,6-7H2,1-2H3,(H,21,22);. The molecule has 2 aromatic rings. The number of nitro benzene ring substituents is 2. The highest BCUT2D eigenvalue weighted by Crippen LogP contribution is 2.31. The lowest BCUT2D eigenvalue weighted by molar-refractivity contribution is -0.385. The number of non-ortho nitro benzene ring substituents is 1. The fraction of sp³-hybridized carbons (Fsp3) is 0.263. The minimum Gasteiger partial charge on any atom is -0.493 e. The van der Waals surface area contributed by atoms with Gasteiger partial charge < -0.3 is 19.3 Å². The van der Waals surface area contributed by atoms with Crippen LogP contribution in [0.15, 0.2) is 30.3 Å². The molecule has 32 heavy (non-hydrogen) atoms. The molecule has 1 N–H and O–H groups in total. The molecule has 0 aromatic heterocycles. The first kappa shape index (κ1) is 25.5. The van der Waals surface area contributed by atoms with E-state index in [-0.39, 0.29) is 36.6 Å². The Morgan fingerprint density at radius 2 is 1.59 bits per heavy atom. The van der Waals surface area contributed by atoms with E-state index in [1.807, 2.05) is 0 Å². The van der Waals surface area contributed by atoms with Crippen LogP contribution in [0.25, 0.3) is 0 Å². The van der Waals surface area contributed by atoms with Crippen molar-refractivity contribution >= 4 is 23.5 Å². The maximum atomic E-state index is 11.1. The van der Waals surface area contributed by atoms with Crippen LogP contribution >= 0.6 is 0 Å². The van der Waals surface area contributed by atoms with Crippen LogP contribution in [-0.4, -0.2) is 47.4 Å². The average molecular weight is 450 g/mol. The fourth-order valence-corrected chi connectivity index (χ4v) is 2.47. The molecule has 0 spiro atoms. The SMILES string of the molecule is COc1ccc([N+](=O)[O-])cc1OCCCOc1cc([N+](=O)[O-])c(C(=O)O)cc1C.O=C=O. The largest absolute Gasteiger partial charge is 0.493 e. The molecular formula is C19H18N2O11. The van der Waals surface area contributed by atoms with E-state index in [4.69, 9.17) is 28.9 Å². The second-order valence-electron chi connectivity index (χ2n) is 5.92. The minimum atomic E-state index is -1.40. The Kier molecular flexibility index (Phi) is 9.77. The Morgan fingerprint density at radius 3 is 2.09 bits per heavy atom. The first-order valence-electron chi connectivity index (χ1n) is 8.75. The number of carboxylic acids is 1. The lowest BCUT2D eigenvalue weighted by Crippen LogP contribution is -2.08. The lowest BCUT2D eigenvalue weighted by atomic mass is 10.1. The van der Waals surface area contributed by atoms with Crippen molar-refractivity contribution in [2.24, 2.45) is 0 Å². The van der Waals surface area contributed by atoms with Crippen LogP contribution in [0.2, 0.25) is 0 Å². The van der Waals surface area contributed by atoms with E-state index in [0.29, 0.717) is 17.7 Å². The van der Waals surface area contributed by atoms with E-state index in [9.17, 15) is 25.0 Å². The van der Waals surface area contributed by atoms with Crippen molar-refractivity contribution in [2.75, 3.05) is 20.3 Å². The summed E-state index contributed by atoms with van der Waals surface area (Å²) >= 11 is 0. The molecule has 0 unspecified atom stereocenters. The quantitative estimate of drug-likeness (QED) is 0.318. The molecule has 0 amide bonds. The predicted molar refractivity (Wildman–Crippen MR) is 105 cm³/mol. The third-order valence-corrected chi connectivity index (χ3v) is 3.88. The fourth-order valence-electron chi connectivity index (χ4n) is 2.47. The van der Waals surface area contributed by atoms with Crippen LogP contribution < -0.4 is 14.2 Å². The van der Waals surface area contributed by atoms with Gasteiger partial charge in [0, 0.05) is 12.5 Å². The van der Waals surface area contributed by atoms with Crippen LogP contribution in [0, 0.1) is 27.2 Å². The Morgan fingerprint density at radius 1 is 1.00 bits per heavy atom. The summed E-state index contributed by atoms with van der Waals surface area (Å²) in [7, 11) is 1.41. The number of nitrogens with zero attached hydrogens (tertiary/aromatic N) is 2. The number of hydrogen-bond acceptors (Lipinski definition) is 10. The third-order valence-electron chi connectivity index (χ3n) is 3.88. The molecule has 0 saturated carbocycles. The molecule has 0 atom stereocenters. The van der Waals surface area contributed by atoms with Gasteiger partial charge in [0.15, 0.2) is 11.5 Å². The zero-order chi connectivity index (χ0) is 24.3. The number of ether oxygens (including phenoxy) is 3. The molecule has 170 valence electrons. The van der Waals surface area contributed by atoms with Crippen LogP contribution in [0.1, 0.15) is 22.3 Å². The van der Waals surface area contributed by atoms with Crippen molar-refractivity contribution < 1.29 is 43.5 Å². The van der Waals surface area contributed by atoms with Crippen molar-refractivity contribution in [3.05, 3.63) is 61.7 Å². The molecule has 0 aliphatic heterocycles. The van der Waals surface area contributed by atoms with Crippen LogP contribution in [0.3, 0.4) is 0 Å². The van der Waals surface area contributed by atoms with Gasteiger partial charge in [-0.3, -0.25) is 20.2 Å². The topological polar surface area (TPSA) is 185 Å². The first-order valence-corrected chi connectivity index (χ1v) is 8.75. The highest BCUT2D eigenvalue weighted by molar-refractivity contribution is 5.93. The number of methoxy groups -OCH3 is 1. The maximum Gasteiger partial charge on any atom is 0.373 e. The summed E-state index contributed by atoms with van der Waals surface area (Å²) < 4.78 is 16.1.